The minimum Gasteiger partial charge on any atom is -0.481 e. The van der Waals surface area contributed by atoms with E-state index in [1.54, 1.807) is 42.5 Å². The molecule has 1 atom stereocenters. The maximum absolute atomic E-state index is 13.6. The summed E-state index contributed by atoms with van der Waals surface area (Å²) in [5, 5.41) is 13.3. The second-order valence-corrected chi connectivity index (χ2v) is 11.4. The molecule has 1 unspecified atom stereocenters. The van der Waals surface area contributed by atoms with E-state index in [0.717, 1.165) is 5.56 Å². The number of nitrogen functional groups attached to an aromatic ring is 1. The molecule has 0 aliphatic heterocycles. The SMILES string of the molecule is COc1ccc(-c2ccc(C(=O)NC(C)C(C)(C)C)nc2C(=O)OCc2ccccc2)c(C(=O)Nc2ccc(C(=N)N)cc2)n1. The van der Waals surface area contributed by atoms with Crippen molar-refractivity contribution in [2.45, 2.75) is 40.3 Å². The number of hydrogen-bond acceptors (Lipinski definition) is 8. The van der Waals surface area contributed by atoms with Gasteiger partial charge in [0.05, 0.1) is 7.11 Å². The normalized spacial score (nSPS) is 11.7. The second kappa shape index (κ2) is 13.8. The molecule has 11 heteroatoms. The molecule has 0 aliphatic carbocycles. The van der Waals surface area contributed by atoms with E-state index in [-0.39, 0.29) is 58.0 Å². The predicted octanol–water partition coefficient (Wildman–Crippen LogP) is 5.21. The van der Waals surface area contributed by atoms with Crippen molar-refractivity contribution in [1.29, 1.82) is 5.41 Å². The lowest BCUT2D eigenvalue weighted by molar-refractivity contribution is 0.0466. The van der Waals surface area contributed by atoms with Crippen molar-refractivity contribution >= 4 is 29.3 Å². The molecule has 11 nitrogen and oxygen atoms in total. The van der Waals surface area contributed by atoms with E-state index in [0.29, 0.717) is 11.3 Å². The number of carbonyl (C=O) groups excluding carboxylic acids is 3. The second-order valence-electron chi connectivity index (χ2n) is 11.4. The highest BCUT2D eigenvalue weighted by atomic mass is 16.5. The molecule has 2 heterocycles. The summed E-state index contributed by atoms with van der Waals surface area (Å²) in [6.45, 7) is 7.87. The minimum atomic E-state index is -0.783. The van der Waals surface area contributed by atoms with E-state index < -0.39 is 17.8 Å². The number of anilines is 1. The standard InChI is InChI=1S/C34H36N6O5/c1-20(34(2,3)4)37-31(41)26-17-15-25(29(39-26)33(43)45-19-21-9-7-6-8-10-21)24-16-18-27(44-5)40-28(24)32(42)38-23-13-11-22(12-14-23)30(35)36/h6-18,20H,19H2,1-5H3,(H3,35,36)(H,37,41)(H,38,42). The van der Waals surface area contributed by atoms with Crippen molar-refractivity contribution in [3.8, 4) is 17.0 Å². The van der Waals surface area contributed by atoms with Gasteiger partial charge in [0.25, 0.3) is 11.8 Å². The number of rotatable bonds is 10. The van der Waals surface area contributed by atoms with Gasteiger partial charge in [-0.25, -0.2) is 14.8 Å². The third-order valence-corrected chi connectivity index (χ3v) is 7.22. The summed E-state index contributed by atoms with van der Waals surface area (Å²) in [4.78, 5) is 49.2. The molecule has 5 N–H and O–H groups in total. The zero-order chi connectivity index (χ0) is 32.7. The number of aromatic nitrogens is 2. The lowest BCUT2D eigenvalue weighted by atomic mass is 9.88. The smallest absolute Gasteiger partial charge is 0.357 e. The van der Waals surface area contributed by atoms with Gasteiger partial charge in [-0.05, 0) is 60.4 Å². The van der Waals surface area contributed by atoms with Gasteiger partial charge in [0.1, 0.15) is 23.8 Å². The Morgan fingerprint density at radius 1 is 0.867 bits per heavy atom. The summed E-state index contributed by atoms with van der Waals surface area (Å²) < 4.78 is 10.9. The molecule has 0 bridgehead atoms. The van der Waals surface area contributed by atoms with Gasteiger partial charge in [-0.15, -0.1) is 0 Å². The van der Waals surface area contributed by atoms with Crippen LogP contribution in [0, 0.1) is 10.8 Å². The largest absolute Gasteiger partial charge is 0.481 e. The molecule has 0 saturated heterocycles. The zero-order valence-corrected chi connectivity index (χ0v) is 25.8. The Morgan fingerprint density at radius 3 is 2.13 bits per heavy atom. The highest BCUT2D eigenvalue weighted by molar-refractivity contribution is 6.09. The van der Waals surface area contributed by atoms with E-state index >= 15 is 0 Å². The molecular weight excluding hydrogens is 572 g/mol. The highest BCUT2D eigenvalue weighted by Crippen LogP contribution is 2.30. The molecule has 232 valence electrons. The Labute approximate surface area is 261 Å². The van der Waals surface area contributed by atoms with Crippen LogP contribution in [-0.4, -0.2) is 46.7 Å². The molecule has 0 aliphatic rings. The Hall–Kier alpha value is -5.58. The van der Waals surface area contributed by atoms with Crippen LogP contribution in [0.2, 0.25) is 0 Å². The van der Waals surface area contributed by atoms with Crippen LogP contribution in [0.5, 0.6) is 5.88 Å². The van der Waals surface area contributed by atoms with Gasteiger partial charge in [0.2, 0.25) is 5.88 Å². The first-order valence-corrected chi connectivity index (χ1v) is 14.2. The predicted molar refractivity (Wildman–Crippen MR) is 171 cm³/mol. The minimum absolute atomic E-state index is 0.0135. The van der Waals surface area contributed by atoms with Crippen LogP contribution < -0.4 is 21.1 Å². The fourth-order valence-corrected chi connectivity index (χ4v) is 4.11. The number of hydrogen-bond donors (Lipinski definition) is 4. The number of ether oxygens (including phenoxy) is 2. The molecular formula is C34H36N6O5. The van der Waals surface area contributed by atoms with E-state index in [1.165, 1.54) is 13.2 Å². The van der Waals surface area contributed by atoms with Crippen LogP contribution in [0.25, 0.3) is 11.1 Å². The quantitative estimate of drug-likeness (QED) is 0.108. The van der Waals surface area contributed by atoms with Crippen LogP contribution in [-0.2, 0) is 11.3 Å². The van der Waals surface area contributed by atoms with Crippen molar-refractivity contribution in [3.05, 3.63) is 107 Å². The van der Waals surface area contributed by atoms with Gasteiger partial charge in [-0.3, -0.25) is 15.0 Å². The average Bonchev–Trinajstić information content (AvgIpc) is 3.03. The molecule has 0 spiro atoms. The molecule has 2 aromatic heterocycles. The number of amides is 2. The maximum Gasteiger partial charge on any atom is 0.357 e. The van der Waals surface area contributed by atoms with Gasteiger partial charge < -0.3 is 25.8 Å². The Kier molecular flexibility index (Phi) is 9.92. The molecule has 0 radical (unpaired) electrons. The lowest BCUT2D eigenvalue weighted by Gasteiger charge is -2.28. The summed E-state index contributed by atoms with van der Waals surface area (Å²) in [5.74, 6) is -1.77. The van der Waals surface area contributed by atoms with E-state index in [4.69, 9.17) is 20.6 Å². The molecule has 0 saturated carbocycles. The third kappa shape index (κ3) is 8.08. The van der Waals surface area contributed by atoms with Crippen molar-refractivity contribution in [3.63, 3.8) is 0 Å². The first-order chi connectivity index (χ1) is 21.4. The molecule has 2 amide bonds. The van der Waals surface area contributed by atoms with Crippen LogP contribution in [0.1, 0.15) is 70.3 Å². The molecule has 2 aromatic carbocycles. The summed E-state index contributed by atoms with van der Waals surface area (Å²) >= 11 is 0. The van der Waals surface area contributed by atoms with Crippen LogP contribution in [0.3, 0.4) is 0 Å². The van der Waals surface area contributed by atoms with Gasteiger partial charge in [-0.2, -0.15) is 0 Å². The number of carbonyl (C=O) groups is 3. The Bertz CT molecular complexity index is 1720. The lowest BCUT2D eigenvalue weighted by Crippen LogP contribution is -2.41. The molecule has 4 aromatic rings. The number of nitrogens with one attached hydrogen (secondary N) is 3. The van der Waals surface area contributed by atoms with E-state index in [2.05, 4.69) is 20.6 Å². The highest BCUT2D eigenvalue weighted by Gasteiger charge is 2.27. The number of nitrogens with two attached hydrogens (primary N) is 1. The van der Waals surface area contributed by atoms with Gasteiger partial charge in [-0.1, -0.05) is 51.1 Å². The summed E-state index contributed by atoms with van der Waals surface area (Å²) in [7, 11) is 1.42. The number of nitrogens with zero attached hydrogens (tertiary/aromatic N) is 2. The molecule has 4 rings (SSSR count). The first kappa shape index (κ1) is 32.3. The number of benzene rings is 2. The average molecular weight is 609 g/mol. The van der Waals surface area contributed by atoms with Crippen molar-refractivity contribution < 1.29 is 23.9 Å². The Balaban J connectivity index is 1.76. The number of methoxy groups -OCH3 is 1. The van der Waals surface area contributed by atoms with Crippen LogP contribution in [0.15, 0.2) is 78.9 Å². The van der Waals surface area contributed by atoms with E-state index in [9.17, 15) is 14.4 Å². The fourth-order valence-electron chi connectivity index (χ4n) is 4.11. The molecule has 45 heavy (non-hydrogen) atoms. The third-order valence-electron chi connectivity index (χ3n) is 7.22. The topological polar surface area (TPSA) is 169 Å². The van der Waals surface area contributed by atoms with Crippen LogP contribution in [0.4, 0.5) is 5.69 Å². The monoisotopic (exact) mass is 608 g/mol. The van der Waals surface area contributed by atoms with Gasteiger partial charge in [0, 0.05) is 34.5 Å². The number of pyridine rings is 2. The van der Waals surface area contributed by atoms with E-state index in [1.807, 2.05) is 58.0 Å². The van der Waals surface area contributed by atoms with Crippen LogP contribution >= 0.6 is 0 Å². The Morgan fingerprint density at radius 2 is 1.51 bits per heavy atom. The summed E-state index contributed by atoms with van der Waals surface area (Å²) in [5.41, 5.74) is 7.33. The van der Waals surface area contributed by atoms with Crippen molar-refractivity contribution in [1.82, 2.24) is 15.3 Å². The van der Waals surface area contributed by atoms with Gasteiger partial charge in [0.15, 0.2) is 5.69 Å². The van der Waals surface area contributed by atoms with Crippen molar-refractivity contribution in [2.75, 3.05) is 12.4 Å². The number of esters is 1. The fraction of sp³-hybridized carbons (Fsp3) is 0.235. The summed E-state index contributed by atoms with van der Waals surface area (Å²) in [6.07, 6.45) is 0. The summed E-state index contributed by atoms with van der Waals surface area (Å²) in [6, 6.07) is 21.6. The zero-order valence-electron chi connectivity index (χ0n) is 25.8. The van der Waals surface area contributed by atoms with Crippen molar-refractivity contribution in [2.24, 2.45) is 11.1 Å². The first-order valence-electron chi connectivity index (χ1n) is 14.2. The molecule has 0 fully saturated rings. The van der Waals surface area contributed by atoms with Gasteiger partial charge >= 0.3 is 5.97 Å². The maximum atomic E-state index is 13.6. The number of amidine groups is 1.